The fraction of sp³-hybridized carbons (Fsp3) is 0.286. The Kier molecular flexibility index (Phi) is 5.54. The highest BCUT2D eigenvalue weighted by atomic mass is 16.5. The van der Waals surface area contributed by atoms with Crippen molar-refractivity contribution in [1.82, 2.24) is 4.90 Å². The lowest BCUT2D eigenvalue weighted by Gasteiger charge is -2.22. The third kappa shape index (κ3) is 4.16. The van der Waals surface area contributed by atoms with Gasteiger partial charge in [-0.1, -0.05) is 36.4 Å². The number of anilines is 1. The molecule has 0 bridgehead atoms. The second-order valence-corrected chi connectivity index (χ2v) is 6.63. The Bertz CT molecular complexity index is 848. The summed E-state index contributed by atoms with van der Waals surface area (Å²) in [6.07, 6.45) is 0.300. The Morgan fingerprint density at radius 1 is 1.07 bits per heavy atom. The first kappa shape index (κ1) is 18.6. The van der Waals surface area contributed by atoms with Crippen molar-refractivity contribution >= 4 is 23.5 Å². The van der Waals surface area contributed by atoms with Crippen LogP contribution in [0.15, 0.2) is 54.6 Å². The maximum atomic E-state index is 12.7. The number of hydrogen-bond acceptors (Lipinski definition) is 4. The number of ether oxygens (including phenoxy) is 1. The van der Waals surface area contributed by atoms with Crippen molar-refractivity contribution in [2.24, 2.45) is 0 Å². The van der Waals surface area contributed by atoms with Crippen molar-refractivity contribution in [3.63, 3.8) is 0 Å². The van der Waals surface area contributed by atoms with E-state index in [2.05, 4.69) is 0 Å². The molecule has 1 atom stereocenters. The van der Waals surface area contributed by atoms with E-state index in [4.69, 9.17) is 4.74 Å². The largest absolute Gasteiger partial charge is 0.444 e. The minimum absolute atomic E-state index is 0.0467. The molecule has 0 N–H and O–H groups in total. The molecular weight excluding hydrogens is 344 g/mol. The molecule has 0 unspecified atom stereocenters. The topological polar surface area (TPSA) is 66.9 Å². The zero-order valence-electron chi connectivity index (χ0n) is 15.4. The summed E-state index contributed by atoms with van der Waals surface area (Å²) in [4.78, 5) is 40.2. The van der Waals surface area contributed by atoms with Crippen LogP contribution in [0.4, 0.5) is 5.69 Å². The fourth-order valence-corrected chi connectivity index (χ4v) is 3.02. The number of nitrogens with zero attached hydrogens (tertiary/aromatic N) is 2. The monoisotopic (exact) mass is 366 g/mol. The maximum Gasteiger partial charge on any atom is 0.339 e. The number of hydrogen-bond donors (Lipinski definition) is 0. The number of amides is 2. The normalized spacial score (nSPS) is 14.7. The van der Waals surface area contributed by atoms with E-state index in [1.54, 1.807) is 67.5 Å². The highest BCUT2D eigenvalue weighted by Gasteiger charge is 2.28. The Balaban J connectivity index is 1.84. The Morgan fingerprint density at radius 2 is 1.81 bits per heavy atom. The van der Waals surface area contributed by atoms with Crippen molar-refractivity contribution in [3.8, 4) is 0 Å². The van der Waals surface area contributed by atoms with E-state index in [-0.39, 0.29) is 11.8 Å². The van der Waals surface area contributed by atoms with Crippen molar-refractivity contribution in [1.29, 1.82) is 0 Å². The van der Waals surface area contributed by atoms with Gasteiger partial charge >= 0.3 is 5.97 Å². The van der Waals surface area contributed by atoms with Gasteiger partial charge in [0, 0.05) is 38.3 Å². The summed E-state index contributed by atoms with van der Waals surface area (Å²) in [5.41, 5.74) is 1.58. The third-order valence-corrected chi connectivity index (χ3v) is 4.46. The van der Waals surface area contributed by atoms with E-state index in [9.17, 15) is 14.4 Å². The summed E-state index contributed by atoms with van der Waals surface area (Å²) in [7, 11) is 3.23. The van der Waals surface area contributed by atoms with Crippen LogP contribution in [0.1, 0.15) is 34.9 Å². The van der Waals surface area contributed by atoms with Gasteiger partial charge in [-0.05, 0) is 24.6 Å². The molecule has 6 heteroatoms. The molecular formula is C21H22N2O4. The minimum atomic E-state index is -1.02. The molecule has 0 saturated carbocycles. The van der Waals surface area contributed by atoms with E-state index < -0.39 is 12.1 Å². The number of carbonyl (C=O) groups is 3. The summed E-state index contributed by atoms with van der Waals surface area (Å²) >= 11 is 0. The molecule has 140 valence electrons. The summed E-state index contributed by atoms with van der Waals surface area (Å²) in [6, 6.07) is 15.7. The molecule has 2 aromatic rings. The van der Waals surface area contributed by atoms with E-state index in [1.165, 1.54) is 4.90 Å². The average molecular weight is 366 g/mol. The molecule has 1 heterocycles. The molecule has 1 saturated heterocycles. The van der Waals surface area contributed by atoms with Crippen LogP contribution in [0.25, 0.3) is 0 Å². The molecule has 6 nitrogen and oxygen atoms in total. The highest BCUT2D eigenvalue weighted by Crippen LogP contribution is 2.25. The third-order valence-electron chi connectivity index (χ3n) is 4.46. The van der Waals surface area contributed by atoms with Crippen molar-refractivity contribution in [3.05, 3.63) is 65.7 Å². The van der Waals surface area contributed by atoms with Crippen LogP contribution in [0.5, 0.6) is 0 Å². The first-order chi connectivity index (χ1) is 13.0. The molecule has 3 rings (SSSR count). The standard InChI is InChI=1S/C21H22N2O4/c1-22(2)20(25)19(15-8-4-3-5-9-15)27-21(26)16-10-6-11-17(14-16)23-13-7-12-18(23)24/h3-6,8-11,14,19H,7,12-13H2,1-2H3/t19-/m0/s1. The number of carbonyl (C=O) groups excluding carboxylic acids is 3. The SMILES string of the molecule is CN(C)C(=O)[C@@H](OC(=O)c1cccc(N2CCCC2=O)c1)c1ccccc1. The first-order valence-electron chi connectivity index (χ1n) is 8.85. The number of benzene rings is 2. The van der Waals surface area contributed by atoms with Gasteiger partial charge in [0.15, 0.2) is 0 Å². The lowest BCUT2D eigenvalue weighted by Crippen LogP contribution is -2.31. The molecule has 1 fully saturated rings. The van der Waals surface area contributed by atoms with Crippen LogP contribution in [-0.2, 0) is 14.3 Å². The summed E-state index contributed by atoms with van der Waals surface area (Å²) in [5.74, 6) is -0.876. The van der Waals surface area contributed by atoms with Crippen LogP contribution >= 0.6 is 0 Å². The second kappa shape index (κ2) is 8.03. The molecule has 2 amide bonds. The first-order valence-corrected chi connectivity index (χ1v) is 8.85. The van der Waals surface area contributed by atoms with Crippen molar-refractivity contribution < 1.29 is 19.1 Å². The highest BCUT2D eigenvalue weighted by molar-refractivity contribution is 5.98. The molecule has 1 aliphatic heterocycles. The molecule has 2 aromatic carbocycles. The van der Waals surface area contributed by atoms with Crippen molar-refractivity contribution in [2.75, 3.05) is 25.5 Å². The summed E-state index contributed by atoms with van der Waals surface area (Å²) in [5, 5.41) is 0. The van der Waals surface area contributed by atoms with E-state index >= 15 is 0 Å². The van der Waals surface area contributed by atoms with Crippen LogP contribution in [0.3, 0.4) is 0 Å². The van der Waals surface area contributed by atoms with Crippen LogP contribution in [0.2, 0.25) is 0 Å². The molecule has 0 aliphatic carbocycles. The van der Waals surface area contributed by atoms with Gasteiger partial charge in [0.25, 0.3) is 5.91 Å². The Hall–Kier alpha value is -3.15. The predicted molar refractivity (Wildman–Crippen MR) is 101 cm³/mol. The molecule has 1 aliphatic rings. The van der Waals surface area contributed by atoms with E-state index in [0.717, 1.165) is 6.42 Å². The zero-order chi connectivity index (χ0) is 19.4. The van der Waals surface area contributed by atoms with Gasteiger partial charge in [0.2, 0.25) is 12.0 Å². The van der Waals surface area contributed by atoms with Crippen LogP contribution < -0.4 is 4.90 Å². The van der Waals surface area contributed by atoms with Gasteiger partial charge in [-0.2, -0.15) is 0 Å². The number of likely N-dealkylation sites (N-methyl/N-ethyl adjacent to an activating group) is 1. The Morgan fingerprint density at radius 3 is 2.44 bits per heavy atom. The quantitative estimate of drug-likeness (QED) is 0.763. The van der Waals surface area contributed by atoms with Crippen LogP contribution in [0, 0.1) is 0 Å². The molecule has 27 heavy (non-hydrogen) atoms. The maximum absolute atomic E-state index is 12.7. The van der Waals surface area contributed by atoms with Crippen LogP contribution in [-0.4, -0.2) is 43.3 Å². The van der Waals surface area contributed by atoms with Gasteiger partial charge < -0.3 is 14.5 Å². The summed E-state index contributed by atoms with van der Waals surface area (Å²) < 4.78 is 5.56. The Labute approximate surface area is 158 Å². The smallest absolute Gasteiger partial charge is 0.339 e. The lowest BCUT2D eigenvalue weighted by atomic mass is 10.1. The second-order valence-electron chi connectivity index (χ2n) is 6.63. The predicted octanol–water partition coefficient (Wildman–Crippen LogP) is 2.80. The molecule has 0 spiro atoms. The van der Waals surface area contributed by atoms with Gasteiger partial charge in [-0.25, -0.2) is 4.79 Å². The summed E-state index contributed by atoms with van der Waals surface area (Å²) in [6.45, 7) is 0.642. The van der Waals surface area contributed by atoms with Crippen molar-refractivity contribution in [2.45, 2.75) is 18.9 Å². The number of rotatable bonds is 5. The minimum Gasteiger partial charge on any atom is -0.444 e. The lowest BCUT2D eigenvalue weighted by molar-refractivity contribution is -0.138. The van der Waals surface area contributed by atoms with Gasteiger partial charge in [-0.15, -0.1) is 0 Å². The fourth-order valence-electron chi connectivity index (χ4n) is 3.02. The number of esters is 1. The molecule has 0 radical (unpaired) electrons. The average Bonchev–Trinajstić information content (AvgIpc) is 3.12. The van der Waals surface area contributed by atoms with E-state index in [0.29, 0.717) is 29.8 Å². The molecule has 0 aromatic heterocycles. The van der Waals surface area contributed by atoms with Gasteiger partial charge in [0.1, 0.15) is 0 Å². The zero-order valence-corrected chi connectivity index (χ0v) is 15.4. The van der Waals surface area contributed by atoms with Gasteiger partial charge in [-0.3, -0.25) is 9.59 Å². The van der Waals surface area contributed by atoms with Gasteiger partial charge in [0.05, 0.1) is 5.56 Å². The van der Waals surface area contributed by atoms with E-state index in [1.807, 2.05) is 6.07 Å².